The summed E-state index contributed by atoms with van der Waals surface area (Å²) in [5.41, 5.74) is 1.11. The highest BCUT2D eigenvalue weighted by atomic mass is 35.5. The molecule has 26 heavy (non-hydrogen) atoms. The number of benzene rings is 2. The summed E-state index contributed by atoms with van der Waals surface area (Å²) >= 11 is 7.24. The molecule has 2 aromatic carbocycles. The van der Waals surface area contributed by atoms with Gasteiger partial charge in [0.1, 0.15) is 17.4 Å². The van der Waals surface area contributed by atoms with Gasteiger partial charge in [-0.1, -0.05) is 11.6 Å². The summed E-state index contributed by atoms with van der Waals surface area (Å²) in [5.74, 6) is -1.04. The Kier molecular flexibility index (Phi) is 5.24. The number of nitro benzene ring substituents is 1. The minimum Gasteiger partial charge on any atom is -0.456 e. The fourth-order valence-electron chi connectivity index (χ4n) is 2.10. The first-order chi connectivity index (χ1) is 12.4. The van der Waals surface area contributed by atoms with Crippen LogP contribution >= 0.6 is 22.9 Å². The average Bonchev–Trinajstić information content (AvgIpc) is 3.09. The summed E-state index contributed by atoms with van der Waals surface area (Å²) in [6.07, 6.45) is 0. The zero-order valence-electron chi connectivity index (χ0n) is 13.0. The van der Waals surface area contributed by atoms with E-state index < -0.39 is 10.9 Å². The fraction of sp³-hybridized carbons (Fsp3) is 0.0588. The quantitative estimate of drug-likeness (QED) is 0.351. The van der Waals surface area contributed by atoms with Gasteiger partial charge in [0.2, 0.25) is 0 Å². The van der Waals surface area contributed by atoms with Crippen LogP contribution in [0.15, 0.2) is 47.8 Å². The Morgan fingerprint density at radius 3 is 2.65 bits per heavy atom. The molecule has 3 aromatic rings. The number of carbonyl (C=O) groups excluding carboxylic acids is 1. The van der Waals surface area contributed by atoms with Crippen molar-refractivity contribution in [3.8, 4) is 10.6 Å². The third-order valence-electron chi connectivity index (χ3n) is 3.38. The molecule has 0 fully saturated rings. The zero-order chi connectivity index (χ0) is 18.7. The van der Waals surface area contributed by atoms with Crippen LogP contribution in [0.25, 0.3) is 10.6 Å². The van der Waals surface area contributed by atoms with Gasteiger partial charge in [0.25, 0.3) is 5.69 Å². The van der Waals surface area contributed by atoms with Crippen LogP contribution in [0.1, 0.15) is 16.1 Å². The second kappa shape index (κ2) is 7.59. The van der Waals surface area contributed by atoms with E-state index in [1.54, 1.807) is 17.5 Å². The van der Waals surface area contributed by atoms with Crippen LogP contribution in [0, 0.1) is 15.9 Å². The van der Waals surface area contributed by atoms with Crippen molar-refractivity contribution >= 4 is 34.6 Å². The van der Waals surface area contributed by atoms with Gasteiger partial charge < -0.3 is 4.74 Å². The Bertz CT molecular complexity index is 975. The van der Waals surface area contributed by atoms with Gasteiger partial charge in [-0.25, -0.2) is 14.2 Å². The highest BCUT2D eigenvalue weighted by molar-refractivity contribution is 7.13. The Morgan fingerprint density at radius 1 is 1.27 bits per heavy atom. The lowest BCUT2D eigenvalue weighted by Gasteiger charge is -2.04. The third kappa shape index (κ3) is 4.04. The van der Waals surface area contributed by atoms with E-state index >= 15 is 0 Å². The summed E-state index contributed by atoms with van der Waals surface area (Å²) in [5, 5.41) is 13.0. The minimum atomic E-state index is -0.707. The average molecular weight is 393 g/mol. The molecule has 0 saturated heterocycles. The molecule has 0 unspecified atom stereocenters. The monoisotopic (exact) mass is 392 g/mol. The van der Waals surface area contributed by atoms with Gasteiger partial charge in [0.15, 0.2) is 0 Å². The van der Waals surface area contributed by atoms with E-state index in [0.717, 1.165) is 11.6 Å². The van der Waals surface area contributed by atoms with Gasteiger partial charge in [-0.05, 0) is 30.3 Å². The van der Waals surface area contributed by atoms with E-state index in [2.05, 4.69) is 4.98 Å². The standard InChI is InChI=1S/C17H10ClFN2O4S/c18-15-7-13(21(23)24)5-6-14(15)17(22)25-8-12-9-26-16(20-12)10-1-3-11(19)4-2-10/h1-7,9H,8H2. The number of non-ortho nitro benzene ring substituents is 1. The summed E-state index contributed by atoms with van der Waals surface area (Å²) in [6.45, 7) is -0.0795. The Balaban J connectivity index is 1.67. The molecule has 0 spiro atoms. The maximum Gasteiger partial charge on any atom is 0.340 e. The number of thiazole rings is 1. The van der Waals surface area contributed by atoms with Crippen LogP contribution in [0.3, 0.4) is 0 Å². The highest BCUT2D eigenvalue weighted by Gasteiger charge is 2.16. The van der Waals surface area contributed by atoms with Crippen molar-refractivity contribution < 1.29 is 18.8 Å². The molecule has 9 heteroatoms. The van der Waals surface area contributed by atoms with E-state index in [1.807, 2.05) is 0 Å². The smallest absolute Gasteiger partial charge is 0.340 e. The second-order valence-corrected chi connectivity index (χ2v) is 6.41. The first kappa shape index (κ1) is 18.0. The van der Waals surface area contributed by atoms with E-state index in [1.165, 1.54) is 35.6 Å². The number of hydrogen-bond acceptors (Lipinski definition) is 6. The summed E-state index contributed by atoms with van der Waals surface area (Å²) in [6, 6.07) is 9.42. The van der Waals surface area contributed by atoms with E-state index in [4.69, 9.17) is 16.3 Å². The van der Waals surface area contributed by atoms with Gasteiger partial charge in [-0.2, -0.15) is 0 Å². The molecule has 132 valence electrons. The number of aromatic nitrogens is 1. The number of rotatable bonds is 5. The molecule has 0 aliphatic heterocycles. The van der Waals surface area contributed by atoms with Crippen LogP contribution in [0.2, 0.25) is 5.02 Å². The van der Waals surface area contributed by atoms with Gasteiger partial charge in [0.05, 0.1) is 21.2 Å². The van der Waals surface area contributed by atoms with Crippen molar-refractivity contribution in [2.75, 3.05) is 0 Å². The summed E-state index contributed by atoms with van der Waals surface area (Å²) < 4.78 is 18.1. The van der Waals surface area contributed by atoms with Gasteiger partial charge >= 0.3 is 5.97 Å². The molecular formula is C17H10ClFN2O4S. The first-order valence-corrected chi connectivity index (χ1v) is 8.51. The van der Waals surface area contributed by atoms with Crippen molar-refractivity contribution in [2.24, 2.45) is 0 Å². The van der Waals surface area contributed by atoms with Gasteiger partial charge in [-0.3, -0.25) is 10.1 Å². The topological polar surface area (TPSA) is 82.3 Å². The number of esters is 1. The number of nitrogens with zero attached hydrogens (tertiary/aromatic N) is 2. The Morgan fingerprint density at radius 2 is 2.00 bits per heavy atom. The lowest BCUT2D eigenvalue weighted by atomic mass is 10.2. The molecule has 0 atom stereocenters. The maximum absolute atomic E-state index is 13.0. The van der Waals surface area contributed by atoms with Crippen LogP contribution in [0.5, 0.6) is 0 Å². The molecule has 0 aliphatic carbocycles. The molecule has 0 radical (unpaired) electrons. The van der Waals surface area contributed by atoms with Crippen LogP contribution in [-0.2, 0) is 11.3 Å². The zero-order valence-corrected chi connectivity index (χ0v) is 14.6. The third-order valence-corrected chi connectivity index (χ3v) is 4.63. The van der Waals surface area contributed by atoms with Crippen molar-refractivity contribution in [2.45, 2.75) is 6.61 Å². The molecule has 0 amide bonds. The molecule has 1 aromatic heterocycles. The predicted molar refractivity (Wildman–Crippen MR) is 94.7 cm³/mol. The molecule has 0 saturated carbocycles. The lowest BCUT2D eigenvalue weighted by molar-refractivity contribution is -0.384. The molecule has 0 aliphatic rings. The van der Waals surface area contributed by atoms with Crippen molar-refractivity contribution in [1.29, 1.82) is 0 Å². The normalized spacial score (nSPS) is 10.5. The lowest BCUT2D eigenvalue weighted by Crippen LogP contribution is -2.06. The number of ether oxygens (including phenoxy) is 1. The minimum absolute atomic E-state index is 0.0336. The molecule has 3 rings (SSSR count). The van der Waals surface area contributed by atoms with Crippen LogP contribution < -0.4 is 0 Å². The molecular weight excluding hydrogens is 383 g/mol. The predicted octanol–water partition coefficient (Wildman–Crippen LogP) is 4.87. The Hall–Kier alpha value is -2.84. The van der Waals surface area contributed by atoms with Crippen LogP contribution in [-0.4, -0.2) is 15.9 Å². The summed E-state index contributed by atoms with van der Waals surface area (Å²) in [4.78, 5) is 26.5. The van der Waals surface area contributed by atoms with Crippen molar-refractivity contribution in [1.82, 2.24) is 4.98 Å². The van der Waals surface area contributed by atoms with Crippen LogP contribution in [0.4, 0.5) is 10.1 Å². The van der Waals surface area contributed by atoms with Crippen molar-refractivity contribution in [3.05, 3.63) is 80.1 Å². The first-order valence-electron chi connectivity index (χ1n) is 7.25. The van der Waals surface area contributed by atoms with E-state index in [-0.39, 0.29) is 28.7 Å². The molecule has 1 heterocycles. The van der Waals surface area contributed by atoms with E-state index in [9.17, 15) is 19.3 Å². The number of carbonyl (C=O) groups is 1. The number of halogens is 2. The van der Waals surface area contributed by atoms with Gasteiger partial charge in [-0.15, -0.1) is 11.3 Å². The van der Waals surface area contributed by atoms with Gasteiger partial charge in [0, 0.05) is 23.1 Å². The maximum atomic E-state index is 13.0. The van der Waals surface area contributed by atoms with E-state index in [0.29, 0.717) is 10.7 Å². The SMILES string of the molecule is O=C(OCc1csc(-c2ccc(F)cc2)n1)c1ccc([N+](=O)[O-])cc1Cl. The highest BCUT2D eigenvalue weighted by Crippen LogP contribution is 2.26. The van der Waals surface area contributed by atoms with Crippen molar-refractivity contribution in [3.63, 3.8) is 0 Å². The fourth-order valence-corrected chi connectivity index (χ4v) is 3.16. The largest absolute Gasteiger partial charge is 0.456 e. The number of hydrogen-bond donors (Lipinski definition) is 0. The second-order valence-electron chi connectivity index (χ2n) is 5.15. The summed E-state index contributed by atoms with van der Waals surface area (Å²) in [7, 11) is 0. The molecule has 6 nitrogen and oxygen atoms in total. The molecule has 0 N–H and O–H groups in total. The molecule has 0 bridgehead atoms. The Labute approximate surface area is 156 Å². The number of nitro groups is 1.